The third kappa shape index (κ3) is 4.68. The molecule has 2 aromatic carbocycles. The minimum Gasteiger partial charge on any atom is -0.435 e. The summed E-state index contributed by atoms with van der Waals surface area (Å²) < 4.78 is 35.5. The summed E-state index contributed by atoms with van der Waals surface area (Å²) in [6, 6.07) is 12.0. The highest BCUT2D eigenvalue weighted by Gasteiger charge is 2.50. The fourth-order valence-corrected chi connectivity index (χ4v) is 3.91. The molecule has 2 aliphatic rings. The van der Waals surface area contributed by atoms with Gasteiger partial charge in [-0.25, -0.2) is 4.99 Å². The molecule has 0 unspecified atom stereocenters. The number of nitrogens with zero attached hydrogens (tertiary/aromatic N) is 2. The fraction of sp³-hybridized carbons (Fsp3) is 0.333. The Balaban J connectivity index is 0.00000306. The van der Waals surface area contributed by atoms with Crippen molar-refractivity contribution in [2.75, 3.05) is 20.8 Å². The van der Waals surface area contributed by atoms with Crippen LogP contribution in [-0.4, -0.2) is 44.1 Å². The molecule has 0 bridgehead atoms. The highest BCUT2D eigenvalue weighted by molar-refractivity contribution is 7.59. The molecule has 0 radical (unpaired) electrons. The molecule has 0 saturated heterocycles. The van der Waals surface area contributed by atoms with E-state index in [9.17, 15) is 13.6 Å². The molecule has 1 aliphatic heterocycles. The summed E-state index contributed by atoms with van der Waals surface area (Å²) in [6.45, 7) is -2.65. The first kappa shape index (κ1) is 24.6. The van der Waals surface area contributed by atoms with Gasteiger partial charge in [0.25, 0.3) is 5.91 Å². The first-order chi connectivity index (χ1) is 15.4. The van der Waals surface area contributed by atoms with E-state index in [-0.39, 0.29) is 43.6 Å². The van der Waals surface area contributed by atoms with Crippen molar-refractivity contribution < 1.29 is 23.0 Å². The number of benzene rings is 2. The number of methoxy groups -OCH3 is 1. The molecule has 1 fully saturated rings. The Hall–Kier alpha value is -3.09. The lowest BCUT2D eigenvalue weighted by Crippen LogP contribution is -2.41. The van der Waals surface area contributed by atoms with Gasteiger partial charge in [-0.2, -0.15) is 22.3 Å². The van der Waals surface area contributed by atoms with Crippen LogP contribution in [0.15, 0.2) is 47.5 Å². The van der Waals surface area contributed by atoms with E-state index in [1.807, 2.05) is 6.07 Å². The Labute approximate surface area is 198 Å². The number of halogens is 2. The first-order valence-electron chi connectivity index (χ1n) is 10.2. The average molecular weight is 474 g/mol. The molecule has 0 aromatic heterocycles. The van der Waals surface area contributed by atoms with E-state index < -0.39 is 12.2 Å². The first-order valence-corrected chi connectivity index (χ1v) is 10.2. The van der Waals surface area contributed by atoms with Crippen LogP contribution >= 0.6 is 13.5 Å². The van der Waals surface area contributed by atoms with Crippen LogP contribution in [0.2, 0.25) is 0 Å². The number of rotatable bonds is 6. The number of aliphatic imine (C=N–C) groups is 1. The molecule has 6 nitrogen and oxygen atoms in total. The van der Waals surface area contributed by atoms with Crippen molar-refractivity contribution in [3.63, 3.8) is 0 Å². The molecule has 1 saturated carbocycles. The molecule has 1 heterocycles. The van der Waals surface area contributed by atoms with Crippen molar-refractivity contribution in [3.05, 3.63) is 64.7 Å². The predicted molar refractivity (Wildman–Crippen MR) is 126 cm³/mol. The highest BCUT2D eigenvalue weighted by Crippen LogP contribution is 2.48. The third-order valence-corrected chi connectivity index (χ3v) is 5.63. The normalized spacial score (nSPS) is 19.6. The molecule has 1 amide bonds. The van der Waals surface area contributed by atoms with Crippen molar-refractivity contribution in [3.8, 4) is 17.6 Å². The number of carbonyl (C=O) groups is 1. The zero-order valence-corrected chi connectivity index (χ0v) is 19.3. The maximum Gasteiger partial charge on any atom is 0.387 e. The monoisotopic (exact) mass is 473 g/mol. The van der Waals surface area contributed by atoms with Gasteiger partial charge in [0.1, 0.15) is 12.4 Å². The topological polar surface area (TPSA) is 77.2 Å². The van der Waals surface area contributed by atoms with Crippen molar-refractivity contribution in [1.29, 1.82) is 0 Å². The summed E-state index contributed by atoms with van der Waals surface area (Å²) in [6.07, 6.45) is 1.75. The molecular formula is C24H25F2N3O3S. The van der Waals surface area contributed by atoms with Gasteiger partial charge in [0.2, 0.25) is 0 Å². The van der Waals surface area contributed by atoms with Gasteiger partial charge >= 0.3 is 6.61 Å². The summed E-state index contributed by atoms with van der Waals surface area (Å²) in [5.74, 6) is 5.87. The van der Waals surface area contributed by atoms with Gasteiger partial charge in [-0.05, 0) is 59.7 Å². The number of amides is 1. The van der Waals surface area contributed by atoms with E-state index in [2.05, 4.69) is 16.8 Å². The Morgan fingerprint density at radius 2 is 1.97 bits per heavy atom. The molecule has 2 aromatic rings. The van der Waals surface area contributed by atoms with Crippen LogP contribution in [0.4, 0.5) is 8.78 Å². The van der Waals surface area contributed by atoms with E-state index in [1.165, 1.54) is 11.0 Å². The average Bonchev–Trinajstić information content (AvgIpc) is 3.59. The molecule has 33 heavy (non-hydrogen) atoms. The second kappa shape index (κ2) is 9.81. The number of hydrogen-bond acceptors (Lipinski definition) is 5. The fourth-order valence-electron chi connectivity index (χ4n) is 3.91. The molecule has 4 rings (SSSR count). The number of ether oxygens (including phenoxy) is 2. The van der Waals surface area contributed by atoms with Crippen LogP contribution in [0.5, 0.6) is 5.75 Å². The molecule has 174 valence electrons. The maximum absolute atomic E-state index is 13.5. The summed E-state index contributed by atoms with van der Waals surface area (Å²) in [5.41, 5.74) is 7.07. The summed E-state index contributed by atoms with van der Waals surface area (Å²) in [4.78, 5) is 19.4. The van der Waals surface area contributed by atoms with Crippen molar-refractivity contribution in [1.82, 2.24) is 4.90 Å². The summed E-state index contributed by atoms with van der Waals surface area (Å²) in [7, 11) is 3.12. The van der Waals surface area contributed by atoms with Crippen LogP contribution in [0.3, 0.4) is 0 Å². The smallest absolute Gasteiger partial charge is 0.387 e. The summed E-state index contributed by atoms with van der Waals surface area (Å²) in [5, 5.41) is 0. The van der Waals surface area contributed by atoms with E-state index in [4.69, 9.17) is 15.2 Å². The van der Waals surface area contributed by atoms with Gasteiger partial charge in [0.05, 0.1) is 0 Å². The molecule has 2 N–H and O–H groups in total. The lowest BCUT2D eigenvalue weighted by molar-refractivity contribution is -0.129. The number of guanidine groups is 1. The van der Waals surface area contributed by atoms with Gasteiger partial charge in [-0.15, -0.1) is 0 Å². The molecular weight excluding hydrogens is 448 g/mol. The standard InChI is InChI=1S/C24H23F2N3O3.H2S/c1-29-21(30)24(28-23(29)27,17-7-3-5-15(13-17)6-4-12-31-2)18-10-11-20(32-22(25)26)19(14-18)16-8-9-16;/h3,5,7,10-11,13-14,16,22H,8-9,12H2,1-2H3,(H2,27,28);1H2/t24-;/m0./s1. The molecule has 9 heteroatoms. The predicted octanol–water partition coefficient (Wildman–Crippen LogP) is 3.31. The lowest BCUT2D eigenvalue weighted by atomic mass is 9.81. The van der Waals surface area contributed by atoms with Gasteiger partial charge in [-0.1, -0.05) is 30.0 Å². The molecule has 1 atom stereocenters. The highest BCUT2D eigenvalue weighted by atomic mass is 32.1. The van der Waals surface area contributed by atoms with Crippen LogP contribution in [0.1, 0.15) is 41.0 Å². The largest absolute Gasteiger partial charge is 0.435 e. The van der Waals surface area contributed by atoms with Gasteiger partial charge in [0, 0.05) is 19.7 Å². The second-order valence-electron chi connectivity index (χ2n) is 7.77. The van der Waals surface area contributed by atoms with Crippen LogP contribution < -0.4 is 10.5 Å². The van der Waals surface area contributed by atoms with Gasteiger partial charge < -0.3 is 15.2 Å². The number of carbonyl (C=O) groups excluding carboxylic acids is 1. The van der Waals surface area contributed by atoms with E-state index in [0.717, 1.165) is 12.8 Å². The zero-order chi connectivity index (χ0) is 22.9. The zero-order valence-electron chi connectivity index (χ0n) is 18.3. The minimum absolute atomic E-state index is 0. The Kier molecular flexibility index (Phi) is 7.30. The number of hydrogen-bond donors (Lipinski definition) is 1. The van der Waals surface area contributed by atoms with Crippen LogP contribution in [-0.2, 0) is 15.1 Å². The van der Waals surface area contributed by atoms with Crippen molar-refractivity contribution in [2.45, 2.75) is 30.9 Å². The number of likely N-dealkylation sites (N-methyl/N-ethyl adjacent to an activating group) is 1. The number of alkyl halides is 2. The summed E-state index contributed by atoms with van der Waals surface area (Å²) >= 11 is 0. The van der Waals surface area contributed by atoms with E-state index in [0.29, 0.717) is 22.3 Å². The van der Waals surface area contributed by atoms with E-state index >= 15 is 0 Å². The van der Waals surface area contributed by atoms with Crippen molar-refractivity contribution >= 4 is 25.4 Å². The van der Waals surface area contributed by atoms with Gasteiger partial charge in [0.15, 0.2) is 11.5 Å². The molecule has 0 spiro atoms. The lowest BCUT2D eigenvalue weighted by Gasteiger charge is -2.27. The third-order valence-electron chi connectivity index (χ3n) is 5.63. The maximum atomic E-state index is 13.5. The van der Waals surface area contributed by atoms with Crippen LogP contribution in [0, 0.1) is 11.8 Å². The SMILES string of the molecule is COCC#Cc1cccc([C@@]2(c3ccc(OC(F)F)c(C4CC4)c3)N=C(N)N(C)C2=O)c1.S. The Morgan fingerprint density at radius 3 is 2.58 bits per heavy atom. The van der Waals surface area contributed by atoms with Crippen LogP contribution in [0.25, 0.3) is 0 Å². The quantitative estimate of drug-likeness (QED) is 0.653. The van der Waals surface area contributed by atoms with Crippen molar-refractivity contribution in [2.24, 2.45) is 10.7 Å². The number of nitrogens with two attached hydrogens (primary N) is 1. The van der Waals surface area contributed by atoms with E-state index in [1.54, 1.807) is 44.5 Å². The Bertz CT molecular complexity index is 1140. The second-order valence-corrected chi connectivity index (χ2v) is 7.77. The Morgan fingerprint density at radius 1 is 1.24 bits per heavy atom. The minimum atomic E-state index is -2.93. The molecule has 1 aliphatic carbocycles. The van der Waals surface area contributed by atoms with Gasteiger partial charge in [-0.3, -0.25) is 9.69 Å².